The number of ether oxygens (including phenoxy) is 6. The molecule has 158 valence electrons. The van der Waals surface area contributed by atoms with Gasteiger partial charge in [-0.2, -0.15) is 0 Å². The van der Waals surface area contributed by atoms with Crippen molar-refractivity contribution >= 4 is 33.9 Å². The van der Waals surface area contributed by atoms with E-state index < -0.39 is 5.97 Å². The van der Waals surface area contributed by atoms with Gasteiger partial charge in [-0.3, -0.25) is 0 Å². The zero-order valence-electron chi connectivity index (χ0n) is 17.1. The number of aliphatic imine (C=N–C) groups is 1. The second-order valence-corrected chi connectivity index (χ2v) is 6.83. The Morgan fingerprint density at radius 2 is 1.40 bits per heavy atom. The standard InChI is InChI=1S/C21H20BrNO7/c1-25-15-7-11(13(22)10-16(15)26-2)6-14-21(24)30-20(23-14)12-8-17(27-3)19(29-5)18(9-12)28-4/h6-10H,1-5H3/b14-6+. The van der Waals surface area contributed by atoms with Gasteiger partial charge in [0.2, 0.25) is 11.6 Å². The third kappa shape index (κ3) is 4.06. The summed E-state index contributed by atoms with van der Waals surface area (Å²) in [6, 6.07) is 6.79. The van der Waals surface area contributed by atoms with E-state index in [0.29, 0.717) is 44.3 Å². The summed E-state index contributed by atoms with van der Waals surface area (Å²) < 4.78 is 32.7. The molecule has 1 aliphatic rings. The molecule has 0 spiro atoms. The maximum Gasteiger partial charge on any atom is 0.363 e. The molecule has 0 saturated carbocycles. The van der Waals surface area contributed by atoms with Gasteiger partial charge in [-0.25, -0.2) is 9.79 Å². The van der Waals surface area contributed by atoms with E-state index in [2.05, 4.69) is 20.9 Å². The van der Waals surface area contributed by atoms with E-state index in [1.54, 1.807) is 37.5 Å². The number of halogens is 1. The molecule has 0 radical (unpaired) electrons. The van der Waals surface area contributed by atoms with E-state index in [-0.39, 0.29) is 11.6 Å². The van der Waals surface area contributed by atoms with Gasteiger partial charge in [0.1, 0.15) is 0 Å². The number of hydrogen-bond acceptors (Lipinski definition) is 8. The number of carbonyl (C=O) groups is 1. The molecule has 2 aromatic rings. The van der Waals surface area contributed by atoms with Gasteiger partial charge in [0.25, 0.3) is 0 Å². The van der Waals surface area contributed by atoms with Gasteiger partial charge in [0, 0.05) is 10.0 Å². The molecule has 2 aromatic carbocycles. The Balaban J connectivity index is 2.04. The normalized spacial score (nSPS) is 14.3. The Labute approximate surface area is 182 Å². The summed E-state index contributed by atoms with van der Waals surface area (Å²) in [4.78, 5) is 16.8. The fourth-order valence-corrected chi connectivity index (χ4v) is 3.30. The molecule has 0 atom stereocenters. The molecule has 0 fully saturated rings. The van der Waals surface area contributed by atoms with Gasteiger partial charge in [0.05, 0.1) is 35.5 Å². The first kappa shape index (κ1) is 21.5. The Morgan fingerprint density at radius 3 is 1.93 bits per heavy atom. The van der Waals surface area contributed by atoms with E-state index >= 15 is 0 Å². The third-order valence-corrected chi connectivity index (χ3v) is 5.01. The maximum absolute atomic E-state index is 12.4. The minimum absolute atomic E-state index is 0.127. The van der Waals surface area contributed by atoms with Gasteiger partial charge in [-0.1, -0.05) is 15.9 Å². The molecule has 30 heavy (non-hydrogen) atoms. The first-order valence-electron chi connectivity index (χ1n) is 8.70. The quantitative estimate of drug-likeness (QED) is 0.442. The monoisotopic (exact) mass is 477 g/mol. The number of benzene rings is 2. The highest BCUT2D eigenvalue weighted by atomic mass is 79.9. The fraction of sp³-hybridized carbons (Fsp3) is 0.238. The van der Waals surface area contributed by atoms with E-state index in [0.717, 1.165) is 0 Å². The van der Waals surface area contributed by atoms with Gasteiger partial charge < -0.3 is 28.4 Å². The SMILES string of the molecule is COc1cc(Br)c(/C=C2/N=C(c3cc(OC)c(OC)c(OC)c3)OC2=O)cc1OC. The van der Waals surface area contributed by atoms with Crippen LogP contribution in [0.5, 0.6) is 28.7 Å². The van der Waals surface area contributed by atoms with Crippen molar-refractivity contribution in [3.05, 3.63) is 45.6 Å². The summed E-state index contributed by atoms with van der Waals surface area (Å²) >= 11 is 3.46. The molecular weight excluding hydrogens is 458 g/mol. The molecular formula is C21H20BrNO7. The number of carbonyl (C=O) groups excluding carboxylic acids is 1. The molecule has 0 bridgehead atoms. The van der Waals surface area contributed by atoms with Crippen molar-refractivity contribution in [2.75, 3.05) is 35.5 Å². The summed E-state index contributed by atoms with van der Waals surface area (Å²) in [5.74, 6) is 1.90. The predicted molar refractivity (Wildman–Crippen MR) is 114 cm³/mol. The van der Waals surface area contributed by atoms with Crippen LogP contribution in [0, 0.1) is 0 Å². The minimum Gasteiger partial charge on any atom is -0.493 e. The first-order chi connectivity index (χ1) is 14.4. The number of cyclic esters (lactones) is 1. The van der Waals surface area contributed by atoms with Crippen LogP contribution < -0.4 is 23.7 Å². The molecule has 0 unspecified atom stereocenters. The van der Waals surface area contributed by atoms with E-state index in [1.807, 2.05) is 0 Å². The number of rotatable bonds is 7. The van der Waals surface area contributed by atoms with Crippen LogP contribution in [0.3, 0.4) is 0 Å². The van der Waals surface area contributed by atoms with Crippen LogP contribution in [-0.2, 0) is 9.53 Å². The zero-order valence-corrected chi connectivity index (χ0v) is 18.7. The van der Waals surface area contributed by atoms with E-state index in [1.165, 1.54) is 28.4 Å². The minimum atomic E-state index is -0.583. The predicted octanol–water partition coefficient (Wildman–Crippen LogP) is 3.84. The number of methoxy groups -OCH3 is 5. The van der Waals surface area contributed by atoms with Crippen molar-refractivity contribution in [1.29, 1.82) is 0 Å². The number of hydrogen-bond donors (Lipinski definition) is 0. The highest BCUT2D eigenvalue weighted by Crippen LogP contribution is 2.39. The van der Waals surface area contributed by atoms with Gasteiger partial charge in [0.15, 0.2) is 28.7 Å². The fourth-order valence-electron chi connectivity index (χ4n) is 2.86. The average molecular weight is 478 g/mol. The summed E-state index contributed by atoms with van der Waals surface area (Å²) in [5, 5.41) is 0. The van der Waals surface area contributed by atoms with Gasteiger partial charge in [-0.15, -0.1) is 0 Å². The molecule has 1 heterocycles. The zero-order chi connectivity index (χ0) is 21.8. The molecule has 0 N–H and O–H groups in total. The lowest BCUT2D eigenvalue weighted by molar-refractivity contribution is -0.129. The topological polar surface area (TPSA) is 84.8 Å². The van der Waals surface area contributed by atoms with Crippen molar-refractivity contribution in [3.63, 3.8) is 0 Å². The molecule has 0 aromatic heterocycles. The van der Waals surface area contributed by atoms with Crippen molar-refractivity contribution in [1.82, 2.24) is 0 Å². The summed E-state index contributed by atoms with van der Waals surface area (Å²) in [7, 11) is 7.60. The van der Waals surface area contributed by atoms with Crippen LogP contribution in [0.2, 0.25) is 0 Å². The van der Waals surface area contributed by atoms with Gasteiger partial charge in [-0.05, 0) is 35.9 Å². The van der Waals surface area contributed by atoms with E-state index in [4.69, 9.17) is 28.4 Å². The first-order valence-corrected chi connectivity index (χ1v) is 9.49. The van der Waals surface area contributed by atoms with Crippen LogP contribution in [-0.4, -0.2) is 47.4 Å². The Kier molecular flexibility index (Phi) is 6.51. The second-order valence-electron chi connectivity index (χ2n) is 5.98. The lowest BCUT2D eigenvalue weighted by Crippen LogP contribution is -2.07. The molecule has 0 aliphatic carbocycles. The Morgan fingerprint density at radius 1 is 0.833 bits per heavy atom. The Hall–Kier alpha value is -3.20. The van der Waals surface area contributed by atoms with Crippen LogP contribution in [0.25, 0.3) is 6.08 Å². The summed E-state index contributed by atoms with van der Waals surface area (Å²) in [5.41, 5.74) is 1.31. The molecule has 0 amide bonds. The van der Waals surface area contributed by atoms with Crippen molar-refractivity contribution in [2.24, 2.45) is 4.99 Å². The molecule has 0 saturated heterocycles. The van der Waals surface area contributed by atoms with Gasteiger partial charge >= 0.3 is 5.97 Å². The summed E-state index contributed by atoms with van der Waals surface area (Å²) in [6.45, 7) is 0. The molecule has 3 rings (SSSR count). The maximum atomic E-state index is 12.4. The molecule has 1 aliphatic heterocycles. The second kappa shape index (κ2) is 9.08. The number of nitrogens with zero attached hydrogens (tertiary/aromatic N) is 1. The van der Waals surface area contributed by atoms with Crippen molar-refractivity contribution in [3.8, 4) is 28.7 Å². The smallest absolute Gasteiger partial charge is 0.363 e. The average Bonchev–Trinajstić information content (AvgIpc) is 3.13. The number of esters is 1. The van der Waals surface area contributed by atoms with Crippen LogP contribution in [0.4, 0.5) is 0 Å². The lowest BCUT2D eigenvalue weighted by Gasteiger charge is -2.13. The van der Waals surface area contributed by atoms with Crippen molar-refractivity contribution in [2.45, 2.75) is 0 Å². The summed E-state index contributed by atoms with van der Waals surface area (Å²) in [6.07, 6.45) is 1.60. The lowest BCUT2D eigenvalue weighted by atomic mass is 10.1. The largest absolute Gasteiger partial charge is 0.493 e. The molecule has 9 heteroatoms. The third-order valence-electron chi connectivity index (χ3n) is 4.33. The van der Waals surface area contributed by atoms with Crippen LogP contribution >= 0.6 is 15.9 Å². The Bertz CT molecular complexity index is 1020. The van der Waals surface area contributed by atoms with Crippen molar-refractivity contribution < 1.29 is 33.2 Å². The van der Waals surface area contributed by atoms with E-state index in [9.17, 15) is 4.79 Å². The molecule has 8 nitrogen and oxygen atoms in total. The highest BCUT2D eigenvalue weighted by molar-refractivity contribution is 9.10. The highest BCUT2D eigenvalue weighted by Gasteiger charge is 2.27. The van der Waals surface area contributed by atoms with Crippen LogP contribution in [0.15, 0.2) is 39.4 Å². The van der Waals surface area contributed by atoms with Crippen LogP contribution in [0.1, 0.15) is 11.1 Å².